The Kier molecular flexibility index (Phi) is 6.72. The Morgan fingerprint density at radius 2 is 1.76 bits per heavy atom. The summed E-state index contributed by atoms with van der Waals surface area (Å²) in [4.78, 5) is 15.5. The fraction of sp³-hybridized carbons (Fsp3) is 0.259. The summed E-state index contributed by atoms with van der Waals surface area (Å²) in [6.07, 6.45) is 3.51. The molecule has 0 radical (unpaired) electrons. The van der Waals surface area contributed by atoms with Crippen molar-refractivity contribution in [1.82, 2.24) is 10.1 Å². The lowest BCUT2D eigenvalue weighted by molar-refractivity contribution is 0.0984. The minimum absolute atomic E-state index is 0.0705. The highest BCUT2D eigenvalue weighted by atomic mass is 35.5. The van der Waals surface area contributed by atoms with Gasteiger partial charge >= 0.3 is 0 Å². The van der Waals surface area contributed by atoms with Gasteiger partial charge in [-0.3, -0.25) is 9.69 Å². The molecule has 168 valence electrons. The van der Waals surface area contributed by atoms with Crippen LogP contribution in [0.1, 0.15) is 40.3 Å². The van der Waals surface area contributed by atoms with E-state index in [0.29, 0.717) is 27.8 Å². The van der Waals surface area contributed by atoms with Gasteiger partial charge in [0.05, 0.1) is 9.21 Å². The lowest BCUT2D eigenvalue weighted by Gasteiger charge is -2.15. The van der Waals surface area contributed by atoms with Crippen LogP contribution in [0.5, 0.6) is 0 Å². The van der Waals surface area contributed by atoms with Crippen LogP contribution in [0.25, 0.3) is 22.4 Å². The van der Waals surface area contributed by atoms with E-state index >= 15 is 0 Å². The van der Waals surface area contributed by atoms with Gasteiger partial charge in [0.2, 0.25) is 0 Å². The van der Waals surface area contributed by atoms with Crippen LogP contribution in [-0.2, 0) is 13.0 Å². The van der Waals surface area contributed by atoms with Crippen molar-refractivity contribution < 1.29 is 9.32 Å². The third-order valence-electron chi connectivity index (χ3n) is 6.05. The van der Waals surface area contributed by atoms with E-state index in [0.717, 1.165) is 17.8 Å². The van der Waals surface area contributed by atoms with E-state index in [1.807, 2.05) is 6.07 Å². The third-order valence-corrected chi connectivity index (χ3v) is 7.32. The molecule has 6 heteroatoms. The van der Waals surface area contributed by atoms with Crippen LogP contribution in [0, 0.1) is 0 Å². The Bertz CT molecular complexity index is 1240. The van der Waals surface area contributed by atoms with E-state index in [2.05, 4.69) is 58.6 Å². The number of ketones is 1. The zero-order valence-electron chi connectivity index (χ0n) is 18.3. The zero-order chi connectivity index (χ0) is 22.6. The SMILES string of the molecule is O=C(CCc1cc(-c2ccc(-c3cccc(CN4CCCC4)c3)cc2)no1)c1ccc(Cl)s1. The Morgan fingerprint density at radius 1 is 0.970 bits per heavy atom. The van der Waals surface area contributed by atoms with Crippen molar-refractivity contribution in [2.45, 2.75) is 32.2 Å². The molecule has 0 bridgehead atoms. The molecule has 0 amide bonds. The molecule has 1 aliphatic rings. The Hall–Kier alpha value is -2.73. The van der Waals surface area contributed by atoms with Gasteiger partial charge in [0.1, 0.15) is 11.5 Å². The molecule has 1 saturated heterocycles. The van der Waals surface area contributed by atoms with Crippen molar-refractivity contribution in [3.8, 4) is 22.4 Å². The number of Topliss-reactive ketones (excluding diaryl/α,β-unsaturated/α-hetero) is 1. The van der Waals surface area contributed by atoms with Gasteiger partial charge in [-0.05, 0) is 60.8 Å². The summed E-state index contributed by atoms with van der Waals surface area (Å²) >= 11 is 7.23. The van der Waals surface area contributed by atoms with E-state index in [1.54, 1.807) is 12.1 Å². The first-order chi connectivity index (χ1) is 16.1. The van der Waals surface area contributed by atoms with E-state index in [9.17, 15) is 4.79 Å². The van der Waals surface area contributed by atoms with Gasteiger partial charge in [-0.15, -0.1) is 11.3 Å². The van der Waals surface area contributed by atoms with E-state index in [4.69, 9.17) is 16.1 Å². The standard InChI is InChI=1S/C27H25ClN2O2S/c28-27-13-12-26(33-27)25(31)11-10-23-17-24(29-32-23)21-8-6-20(7-9-21)22-5-3-4-19(16-22)18-30-14-1-2-15-30/h3-9,12-13,16-17H,1-2,10-11,14-15,18H2. The normalized spacial score (nSPS) is 14.1. The highest BCUT2D eigenvalue weighted by molar-refractivity contribution is 7.18. The van der Waals surface area contributed by atoms with Crippen LogP contribution in [0.4, 0.5) is 0 Å². The number of thiophene rings is 1. The molecule has 0 saturated carbocycles. The Labute approximate surface area is 202 Å². The molecular formula is C27H25ClN2O2S. The number of benzene rings is 2. The maximum atomic E-state index is 12.3. The topological polar surface area (TPSA) is 46.3 Å². The summed E-state index contributed by atoms with van der Waals surface area (Å²) in [5.41, 5.74) is 5.56. The predicted molar refractivity (Wildman–Crippen MR) is 134 cm³/mol. The van der Waals surface area contributed by atoms with Crippen LogP contribution in [0.3, 0.4) is 0 Å². The monoisotopic (exact) mass is 476 g/mol. The van der Waals surface area contributed by atoms with E-state index < -0.39 is 0 Å². The number of aryl methyl sites for hydroxylation is 1. The van der Waals surface area contributed by atoms with Crippen molar-refractivity contribution in [1.29, 1.82) is 0 Å². The van der Waals surface area contributed by atoms with Crippen LogP contribution in [0.15, 0.2) is 71.3 Å². The molecule has 2 aromatic heterocycles. The highest BCUT2D eigenvalue weighted by Crippen LogP contribution is 2.27. The Balaban J connectivity index is 1.23. The number of rotatable bonds is 8. The third kappa shape index (κ3) is 5.44. The molecular weight excluding hydrogens is 452 g/mol. The van der Waals surface area contributed by atoms with Crippen LogP contribution >= 0.6 is 22.9 Å². The molecule has 5 rings (SSSR count). The van der Waals surface area contributed by atoms with Gasteiger partial charge < -0.3 is 4.52 Å². The fourth-order valence-corrected chi connectivity index (χ4v) is 5.28. The first-order valence-corrected chi connectivity index (χ1v) is 12.5. The van der Waals surface area contributed by atoms with Crippen LogP contribution in [0.2, 0.25) is 4.34 Å². The maximum absolute atomic E-state index is 12.3. The average molecular weight is 477 g/mol. The summed E-state index contributed by atoms with van der Waals surface area (Å²) < 4.78 is 6.10. The summed E-state index contributed by atoms with van der Waals surface area (Å²) in [5, 5.41) is 4.20. The van der Waals surface area contributed by atoms with Gasteiger partial charge in [0, 0.05) is 31.0 Å². The number of aromatic nitrogens is 1. The Morgan fingerprint density at radius 3 is 2.52 bits per heavy atom. The highest BCUT2D eigenvalue weighted by Gasteiger charge is 2.14. The largest absolute Gasteiger partial charge is 0.361 e. The van der Waals surface area contributed by atoms with Crippen LogP contribution < -0.4 is 0 Å². The van der Waals surface area contributed by atoms with Crippen molar-refractivity contribution in [3.05, 3.63) is 87.3 Å². The van der Waals surface area contributed by atoms with Gasteiger partial charge in [-0.2, -0.15) is 0 Å². The van der Waals surface area contributed by atoms with Gasteiger partial charge in [0.15, 0.2) is 5.78 Å². The second-order valence-electron chi connectivity index (χ2n) is 8.47. The molecule has 0 aliphatic carbocycles. The number of carbonyl (C=O) groups excluding carboxylic acids is 1. The number of hydrogen-bond donors (Lipinski definition) is 0. The summed E-state index contributed by atoms with van der Waals surface area (Å²) in [7, 11) is 0. The zero-order valence-corrected chi connectivity index (χ0v) is 19.9. The van der Waals surface area contributed by atoms with E-state index in [-0.39, 0.29) is 5.78 Å². The minimum atomic E-state index is 0.0705. The molecule has 0 N–H and O–H groups in total. The molecule has 4 nitrogen and oxygen atoms in total. The first kappa shape index (κ1) is 22.1. The summed E-state index contributed by atoms with van der Waals surface area (Å²) in [5.74, 6) is 0.779. The van der Waals surface area contributed by atoms with Crippen LogP contribution in [-0.4, -0.2) is 28.9 Å². The molecule has 0 atom stereocenters. The number of hydrogen-bond acceptors (Lipinski definition) is 5. The quantitative estimate of drug-likeness (QED) is 0.254. The second-order valence-corrected chi connectivity index (χ2v) is 10.2. The first-order valence-electron chi connectivity index (χ1n) is 11.3. The predicted octanol–water partition coefficient (Wildman–Crippen LogP) is 7.13. The molecule has 1 fully saturated rings. The molecule has 4 aromatic rings. The van der Waals surface area contributed by atoms with Gasteiger partial charge in [-0.1, -0.05) is 59.2 Å². The molecule has 0 unspecified atom stereocenters. The fourth-order valence-electron chi connectivity index (χ4n) is 4.27. The number of nitrogens with zero attached hydrogens (tertiary/aromatic N) is 2. The second kappa shape index (κ2) is 10.0. The van der Waals surface area contributed by atoms with Crippen molar-refractivity contribution >= 4 is 28.7 Å². The van der Waals surface area contributed by atoms with Gasteiger partial charge in [-0.25, -0.2) is 0 Å². The minimum Gasteiger partial charge on any atom is -0.361 e. The number of halogens is 1. The smallest absolute Gasteiger partial charge is 0.173 e. The maximum Gasteiger partial charge on any atom is 0.173 e. The molecule has 33 heavy (non-hydrogen) atoms. The number of carbonyl (C=O) groups is 1. The van der Waals surface area contributed by atoms with Gasteiger partial charge in [0.25, 0.3) is 0 Å². The molecule has 1 aliphatic heterocycles. The van der Waals surface area contributed by atoms with E-state index in [1.165, 1.54) is 54.0 Å². The van der Waals surface area contributed by atoms with Crippen molar-refractivity contribution in [2.24, 2.45) is 0 Å². The molecule has 3 heterocycles. The number of likely N-dealkylation sites (tertiary alicyclic amines) is 1. The van der Waals surface area contributed by atoms with Crippen molar-refractivity contribution in [2.75, 3.05) is 13.1 Å². The van der Waals surface area contributed by atoms with Crippen molar-refractivity contribution in [3.63, 3.8) is 0 Å². The lowest BCUT2D eigenvalue weighted by Crippen LogP contribution is -2.18. The molecule has 0 spiro atoms. The lowest BCUT2D eigenvalue weighted by atomic mass is 10.0. The summed E-state index contributed by atoms with van der Waals surface area (Å²) in [6, 6.07) is 22.6. The molecule has 2 aromatic carbocycles. The average Bonchev–Trinajstić information content (AvgIpc) is 3.60. The summed E-state index contributed by atoms with van der Waals surface area (Å²) in [6.45, 7) is 3.43.